The standard InChI is InChI=1S/C21H23NO4/c1-2-15-3-8-17(9-4-15)19(23)12-13-20(24)22-18-10-5-16(6-11-18)7-14-21(25)26/h3-6,8-11H,2,7,12-14H2,1H3,(H,22,24)(H,25,26). The topological polar surface area (TPSA) is 83.5 Å². The number of hydrogen-bond acceptors (Lipinski definition) is 3. The van der Waals surface area contributed by atoms with Gasteiger partial charge in [0.25, 0.3) is 0 Å². The Morgan fingerprint density at radius 2 is 1.46 bits per heavy atom. The Morgan fingerprint density at radius 1 is 0.846 bits per heavy atom. The third kappa shape index (κ3) is 6.16. The number of anilines is 1. The third-order valence-corrected chi connectivity index (χ3v) is 4.13. The highest BCUT2D eigenvalue weighted by Gasteiger charge is 2.10. The van der Waals surface area contributed by atoms with Gasteiger partial charge in [0, 0.05) is 30.5 Å². The van der Waals surface area contributed by atoms with E-state index >= 15 is 0 Å². The molecule has 0 aliphatic carbocycles. The van der Waals surface area contributed by atoms with Crippen molar-refractivity contribution in [3.8, 4) is 0 Å². The normalized spacial score (nSPS) is 10.3. The first kappa shape index (κ1) is 19.4. The second kappa shape index (κ2) is 9.51. The van der Waals surface area contributed by atoms with E-state index in [1.54, 1.807) is 36.4 Å². The number of carbonyl (C=O) groups excluding carboxylic acids is 2. The van der Waals surface area contributed by atoms with E-state index in [4.69, 9.17) is 5.11 Å². The summed E-state index contributed by atoms with van der Waals surface area (Å²) in [7, 11) is 0. The fourth-order valence-corrected chi connectivity index (χ4v) is 2.53. The number of hydrogen-bond donors (Lipinski definition) is 2. The summed E-state index contributed by atoms with van der Waals surface area (Å²) in [4.78, 5) is 34.7. The van der Waals surface area contributed by atoms with Crippen molar-refractivity contribution in [3.63, 3.8) is 0 Å². The van der Waals surface area contributed by atoms with Crippen LogP contribution in [-0.2, 0) is 22.4 Å². The number of carboxylic acid groups (broad SMARTS) is 1. The lowest BCUT2D eigenvalue weighted by atomic mass is 10.0. The maximum Gasteiger partial charge on any atom is 0.303 e. The molecule has 5 nitrogen and oxygen atoms in total. The van der Waals surface area contributed by atoms with E-state index in [1.807, 2.05) is 12.1 Å². The van der Waals surface area contributed by atoms with Crippen LogP contribution in [-0.4, -0.2) is 22.8 Å². The third-order valence-electron chi connectivity index (χ3n) is 4.13. The molecule has 26 heavy (non-hydrogen) atoms. The molecule has 2 N–H and O–H groups in total. The summed E-state index contributed by atoms with van der Waals surface area (Å²) in [6.07, 6.45) is 1.73. The van der Waals surface area contributed by atoms with Crippen LogP contribution in [0.4, 0.5) is 5.69 Å². The minimum absolute atomic E-state index is 0.0492. The predicted molar refractivity (Wildman–Crippen MR) is 100 cm³/mol. The van der Waals surface area contributed by atoms with Gasteiger partial charge in [0.1, 0.15) is 0 Å². The van der Waals surface area contributed by atoms with Gasteiger partial charge in [-0.2, -0.15) is 0 Å². The molecule has 2 aromatic carbocycles. The number of carboxylic acids is 1. The van der Waals surface area contributed by atoms with Gasteiger partial charge >= 0.3 is 5.97 Å². The van der Waals surface area contributed by atoms with E-state index in [1.165, 1.54) is 5.56 Å². The molecule has 1 amide bonds. The SMILES string of the molecule is CCc1ccc(C(=O)CCC(=O)Nc2ccc(CCC(=O)O)cc2)cc1. The summed E-state index contributed by atoms with van der Waals surface area (Å²) < 4.78 is 0. The Kier molecular flexibility index (Phi) is 7.09. The Bertz CT molecular complexity index is 764. The van der Waals surface area contributed by atoms with E-state index < -0.39 is 5.97 Å². The molecule has 0 heterocycles. The largest absolute Gasteiger partial charge is 0.481 e. The van der Waals surface area contributed by atoms with Gasteiger partial charge in [0.05, 0.1) is 0 Å². The van der Waals surface area contributed by atoms with Crippen LogP contribution in [0.1, 0.15) is 47.7 Å². The molecule has 136 valence electrons. The Hall–Kier alpha value is -2.95. The lowest BCUT2D eigenvalue weighted by molar-refractivity contribution is -0.137. The summed E-state index contributed by atoms with van der Waals surface area (Å²) in [6.45, 7) is 2.06. The molecule has 0 saturated carbocycles. The molecule has 2 aromatic rings. The van der Waals surface area contributed by atoms with Crippen molar-refractivity contribution < 1.29 is 19.5 Å². The van der Waals surface area contributed by atoms with Crippen molar-refractivity contribution in [2.45, 2.75) is 39.0 Å². The minimum Gasteiger partial charge on any atom is -0.481 e. The van der Waals surface area contributed by atoms with Crippen molar-refractivity contribution in [1.29, 1.82) is 0 Å². The summed E-state index contributed by atoms with van der Waals surface area (Å²) in [5.41, 5.74) is 3.33. The average molecular weight is 353 g/mol. The monoisotopic (exact) mass is 353 g/mol. The van der Waals surface area contributed by atoms with Crippen molar-refractivity contribution >= 4 is 23.3 Å². The van der Waals surface area contributed by atoms with Gasteiger partial charge in [-0.3, -0.25) is 14.4 Å². The Balaban J connectivity index is 1.80. The van der Waals surface area contributed by atoms with Crippen LogP contribution < -0.4 is 5.32 Å². The molecular formula is C21H23NO4. The predicted octanol–water partition coefficient (Wildman–Crippen LogP) is 3.87. The number of amides is 1. The lowest BCUT2D eigenvalue weighted by Gasteiger charge is -2.07. The van der Waals surface area contributed by atoms with E-state index in [2.05, 4.69) is 12.2 Å². The molecule has 0 fully saturated rings. The average Bonchev–Trinajstić information content (AvgIpc) is 2.65. The number of carbonyl (C=O) groups is 3. The van der Waals surface area contributed by atoms with Crippen LogP contribution in [0.3, 0.4) is 0 Å². The first-order valence-corrected chi connectivity index (χ1v) is 8.70. The zero-order valence-electron chi connectivity index (χ0n) is 14.8. The van der Waals surface area contributed by atoms with Gasteiger partial charge in [-0.25, -0.2) is 0 Å². The quantitative estimate of drug-likeness (QED) is 0.670. The Labute approximate surface area is 153 Å². The van der Waals surface area contributed by atoms with Crippen molar-refractivity contribution in [1.82, 2.24) is 0 Å². The highest BCUT2D eigenvalue weighted by Crippen LogP contribution is 2.13. The van der Waals surface area contributed by atoms with Gasteiger partial charge < -0.3 is 10.4 Å². The highest BCUT2D eigenvalue weighted by atomic mass is 16.4. The zero-order valence-corrected chi connectivity index (χ0v) is 14.8. The number of aliphatic carboxylic acids is 1. The molecule has 2 rings (SSSR count). The van der Waals surface area contributed by atoms with Gasteiger partial charge in [-0.1, -0.05) is 43.3 Å². The summed E-state index contributed by atoms with van der Waals surface area (Å²) >= 11 is 0. The molecule has 0 spiro atoms. The number of nitrogens with one attached hydrogen (secondary N) is 1. The van der Waals surface area contributed by atoms with Crippen LogP contribution in [0, 0.1) is 0 Å². The minimum atomic E-state index is -0.837. The molecule has 0 aliphatic heterocycles. The molecule has 0 radical (unpaired) electrons. The van der Waals surface area contributed by atoms with Gasteiger partial charge in [0.2, 0.25) is 5.91 Å². The molecule has 0 aromatic heterocycles. The van der Waals surface area contributed by atoms with E-state index in [-0.39, 0.29) is 31.0 Å². The van der Waals surface area contributed by atoms with Gasteiger partial charge in [-0.15, -0.1) is 0 Å². The van der Waals surface area contributed by atoms with Crippen LogP contribution in [0.15, 0.2) is 48.5 Å². The number of aryl methyl sites for hydroxylation is 2. The van der Waals surface area contributed by atoms with Crippen LogP contribution in [0.5, 0.6) is 0 Å². The summed E-state index contributed by atoms with van der Waals surface area (Å²) in [5.74, 6) is -1.11. The lowest BCUT2D eigenvalue weighted by Crippen LogP contribution is -2.13. The molecular weight excluding hydrogens is 330 g/mol. The molecule has 0 bridgehead atoms. The fourth-order valence-electron chi connectivity index (χ4n) is 2.53. The highest BCUT2D eigenvalue weighted by molar-refractivity contribution is 6.00. The van der Waals surface area contributed by atoms with Gasteiger partial charge in [-0.05, 0) is 36.1 Å². The number of Topliss-reactive ketones (excluding diaryl/α,β-unsaturated/α-hetero) is 1. The second-order valence-electron chi connectivity index (χ2n) is 6.11. The molecule has 0 saturated heterocycles. The Morgan fingerprint density at radius 3 is 2.04 bits per heavy atom. The molecule has 5 heteroatoms. The summed E-state index contributed by atoms with van der Waals surface area (Å²) in [6, 6.07) is 14.5. The van der Waals surface area contributed by atoms with E-state index in [0.29, 0.717) is 17.7 Å². The van der Waals surface area contributed by atoms with Crippen LogP contribution in [0.2, 0.25) is 0 Å². The fraction of sp³-hybridized carbons (Fsp3) is 0.286. The van der Waals surface area contributed by atoms with Crippen LogP contribution >= 0.6 is 0 Å². The number of ketones is 1. The number of benzene rings is 2. The van der Waals surface area contributed by atoms with Crippen molar-refractivity contribution in [2.24, 2.45) is 0 Å². The summed E-state index contributed by atoms with van der Waals surface area (Å²) in [5, 5.41) is 11.4. The first-order chi connectivity index (χ1) is 12.5. The van der Waals surface area contributed by atoms with E-state index in [9.17, 15) is 14.4 Å². The maximum absolute atomic E-state index is 12.1. The second-order valence-corrected chi connectivity index (χ2v) is 6.11. The zero-order chi connectivity index (χ0) is 18.9. The molecule has 0 atom stereocenters. The first-order valence-electron chi connectivity index (χ1n) is 8.70. The van der Waals surface area contributed by atoms with E-state index in [0.717, 1.165) is 12.0 Å². The smallest absolute Gasteiger partial charge is 0.303 e. The van der Waals surface area contributed by atoms with Crippen molar-refractivity contribution in [3.05, 3.63) is 65.2 Å². The molecule has 0 aliphatic rings. The van der Waals surface area contributed by atoms with Gasteiger partial charge in [0.15, 0.2) is 5.78 Å². The molecule has 0 unspecified atom stereocenters. The van der Waals surface area contributed by atoms with Crippen molar-refractivity contribution in [2.75, 3.05) is 5.32 Å². The van der Waals surface area contributed by atoms with Crippen LogP contribution in [0.25, 0.3) is 0 Å². The number of rotatable bonds is 9. The maximum atomic E-state index is 12.1.